The van der Waals surface area contributed by atoms with Gasteiger partial charge in [-0.1, -0.05) is 24.3 Å². The zero-order chi connectivity index (χ0) is 12.4. The van der Waals surface area contributed by atoms with E-state index in [2.05, 4.69) is 29.6 Å². The molecule has 0 fully saturated rings. The SMILES string of the molecule is ClCCCc1csc(C2CCc3ccccc32)n1. The Kier molecular flexibility index (Phi) is 3.67. The number of hydrogen-bond acceptors (Lipinski definition) is 2. The molecule has 1 aromatic carbocycles. The molecule has 0 radical (unpaired) electrons. The van der Waals surface area contributed by atoms with Crippen LogP contribution in [0.2, 0.25) is 0 Å². The van der Waals surface area contributed by atoms with E-state index in [9.17, 15) is 0 Å². The molecule has 1 nitrogen and oxygen atoms in total. The van der Waals surface area contributed by atoms with Gasteiger partial charge in [0, 0.05) is 17.2 Å². The summed E-state index contributed by atoms with van der Waals surface area (Å²) < 4.78 is 0. The standard InChI is InChI=1S/C15H16ClNS/c16-9-3-5-12-10-18-15(17-12)14-8-7-11-4-1-2-6-13(11)14/h1-2,4,6,10,14H,3,5,7-9H2. The van der Waals surface area contributed by atoms with Gasteiger partial charge in [-0.05, 0) is 36.8 Å². The Hall–Kier alpha value is -0.860. The van der Waals surface area contributed by atoms with Crippen molar-refractivity contribution in [3.05, 3.63) is 51.5 Å². The van der Waals surface area contributed by atoms with Gasteiger partial charge in [0.1, 0.15) is 5.01 Å². The molecule has 1 unspecified atom stereocenters. The second-order valence-corrected chi connectivity index (χ2v) is 6.03. The first kappa shape index (κ1) is 12.2. The molecule has 94 valence electrons. The lowest BCUT2D eigenvalue weighted by molar-refractivity contribution is 0.770. The van der Waals surface area contributed by atoms with Crippen LogP contribution in [0, 0.1) is 0 Å². The Morgan fingerprint density at radius 2 is 2.22 bits per heavy atom. The van der Waals surface area contributed by atoms with Gasteiger partial charge in [-0.25, -0.2) is 4.98 Å². The molecule has 3 rings (SSSR count). The van der Waals surface area contributed by atoms with Crippen LogP contribution in [0.25, 0.3) is 0 Å². The predicted octanol–water partition coefficient (Wildman–Crippen LogP) is 4.39. The summed E-state index contributed by atoms with van der Waals surface area (Å²) in [5.41, 5.74) is 4.19. The molecule has 18 heavy (non-hydrogen) atoms. The van der Waals surface area contributed by atoms with Crippen molar-refractivity contribution in [3.8, 4) is 0 Å². The summed E-state index contributed by atoms with van der Waals surface area (Å²) in [5, 5.41) is 3.48. The topological polar surface area (TPSA) is 12.9 Å². The Balaban J connectivity index is 1.82. The zero-order valence-electron chi connectivity index (χ0n) is 10.2. The van der Waals surface area contributed by atoms with Gasteiger partial charge in [-0.15, -0.1) is 22.9 Å². The fourth-order valence-corrected chi connectivity index (χ4v) is 3.80. The van der Waals surface area contributed by atoms with E-state index in [-0.39, 0.29) is 0 Å². The van der Waals surface area contributed by atoms with Gasteiger partial charge in [-0.2, -0.15) is 0 Å². The molecule has 0 saturated heterocycles. The van der Waals surface area contributed by atoms with Gasteiger partial charge in [0.2, 0.25) is 0 Å². The van der Waals surface area contributed by atoms with E-state index in [0.29, 0.717) is 5.92 Å². The number of alkyl halides is 1. The first-order valence-electron chi connectivity index (χ1n) is 6.46. The molecule has 1 aromatic heterocycles. The minimum Gasteiger partial charge on any atom is -0.246 e. The minimum absolute atomic E-state index is 0.524. The summed E-state index contributed by atoms with van der Waals surface area (Å²) in [4.78, 5) is 4.79. The molecular formula is C15H16ClNS. The molecule has 1 aliphatic rings. The van der Waals surface area contributed by atoms with Gasteiger partial charge >= 0.3 is 0 Å². The molecule has 0 amide bonds. The molecule has 0 aliphatic heterocycles. The van der Waals surface area contributed by atoms with Crippen LogP contribution in [0.15, 0.2) is 29.6 Å². The van der Waals surface area contributed by atoms with Gasteiger partial charge in [0.05, 0.1) is 5.69 Å². The first-order chi connectivity index (χ1) is 8.88. The van der Waals surface area contributed by atoms with Gasteiger partial charge < -0.3 is 0 Å². The molecule has 0 bridgehead atoms. The molecule has 2 aromatic rings. The van der Waals surface area contributed by atoms with Crippen LogP contribution in [0.1, 0.15) is 40.6 Å². The number of halogens is 1. The fraction of sp³-hybridized carbons (Fsp3) is 0.400. The van der Waals surface area contributed by atoms with E-state index in [1.54, 1.807) is 11.3 Å². The van der Waals surface area contributed by atoms with Crippen molar-refractivity contribution in [2.45, 2.75) is 31.6 Å². The van der Waals surface area contributed by atoms with Crippen LogP contribution in [-0.2, 0) is 12.8 Å². The molecule has 1 heterocycles. The lowest BCUT2D eigenvalue weighted by atomic mass is 10.0. The number of aryl methyl sites for hydroxylation is 2. The highest BCUT2D eigenvalue weighted by Gasteiger charge is 2.25. The number of fused-ring (bicyclic) bond motifs is 1. The Labute approximate surface area is 117 Å². The second-order valence-electron chi connectivity index (χ2n) is 4.76. The number of rotatable bonds is 4. The average molecular weight is 278 g/mol. The Morgan fingerprint density at radius 1 is 1.33 bits per heavy atom. The lowest BCUT2D eigenvalue weighted by Crippen LogP contribution is -1.96. The van der Waals surface area contributed by atoms with E-state index in [1.165, 1.54) is 34.7 Å². The van der Waals surface area contributed by atoms with Crippen LogP contribution in [0.3, 0.4) is 0 Å². The summed E-state index contributed by atoms with van der Waals surface area (Å²) in [6, 6.07) is 8.78. The van der Waals surface area contributed by atoms with E-state index in [0.717, 1.165) is 18.7 Å². The van der Waals surface area contributed by atoms with Gasteiger partial charge in [0.15, 0.2) is 0 Å². The number of benzene rings is 1. The summed E-state index contributed by atoms with van der Waals surface area (Å²) >= 11 is 7.53. The van der Waals surface area contributed by atoms with E-state index < -0.39 is 0 Å². The maximum Gasteiger partial charge on any atom is 0.100 e. The fourth-order valence-electron chi connectivity index (χ4n) is 2.66. The van der Waals surface area contributed by atoms with Crippen LogP contribution >= 0.6 is 22.9 Å². The molecule has 0 saturated carbocycles. The maximum absolute atomic E-state index is 5.73. The third-order valence-corrected chi connectivity index (χ3v) is 4.84. The molecule has 0 N–H and O–H groups in total. The van der Waals surface area contributed by atoms with Crippen molar-refractivity contribution < 1.29 is 0 Å². The van der Waals surface area contributed by atoms with Crippen molar-refractivity contribution in [2.75, 3.05) is 5.88 Å². The van der Waals surface area contributed by atoms with E-state index in [4.69, 9.17) is 16.6 Å². The van der Waals surface area contributed by atoms with Crippen molar-refractivity contribution in [2.24, 2.45) is 0 Å². The van der Waals surface area contributed by atoms with Crippen molar-refractivity contribution in [1.29, 1.82) is 0 Å². The number of hydrogen-bond donors (Lipinski definition) is 0. The average Bonchev–Trinajstić information content (AvgIpc) is 3.02. The monoisotopic (exact) mass is 277 g/mol. The first-order valence-corrected chi connectivity index (χ1v) is 7.88. The van der Waals surface area contributed by atoms with Crippen molar-refractivity contribution in [1.82, 2.24) is 4.98 Å². The number of thiazole rings is 1. The molecular weight excluding hydrogens is 262 g/mol. The van der Waals surface area contributed by atoms with Crippen LogP contribution in [0.5, 0.6) is 0 Å². The van der Waals surface area contributed by atoms with Crippen LogP contribution < -0.4 is 0 Å². The molecule has 3 heteroatoms. The highest BCUT2D eigenvalue weighted by Crippen LogP contribution is 2.39. The number of nitrogens with zero attached hydrogens (tertiary/aromatic N) is 1. The summed E-state index contributed by atoms with van der Waals surface area (Å²) in [6.07, 6.45) is 4.43. The van der Waals surface area contributed by atoms with Crippen molar-refractivity contribution in [3.63, 3.8) is 0 Å². The quantitative estimate of drug-likeness (QED) is 0.755. The third-order valence-electron chi connectivity index (χ3n) is 3.57. The third kappa shape index (κ3) is 2.32. The largest absolute Gasteiger partial charge is 0.246 e. The second kappa shape index (κ2) is 5.41. The van der Waals surface area contributed by atoms with Gasteiger partial charge in [0.25, 0.3) is 0 Å². The summed E-state index contributed by atoms with van der Waals surface area (Å²) in [7, 11) is 0. The molecule has 1 atom stereocenters. The van der Waals surface area contributed by atoms with Gasteiger partial charge in [-0.3, -0.25) is 0 Å². The zero-order valence-corrected chi connectivity index (χ0v) is 11.8. The lowest BCUT2D eigenvalue weighted by Gasteiger charge is -2.07. The Bertz CT molecular complexity index is 535. The van der Waals surface area contributed by atoms with Crippen LogP contribution in [0.4, 0.5) is 0 Å². The summed E-state index contributed by atoms with van der Waals surface area (Å²) in [6.45, 7) is 0. The highest BCUT2D eigenvalue weighted by atomic mass is 35.5. The van der Waals surface area contributed by atoms with E-state index in [1.807, 2.05) is 0 Å². The highest BCUT2D eigenvalue weighted by molar-refractivity contribution is 7.09. The minimum atomic E-state index is 0.524. The smallest absolute Gasteiger partial charge is 0.100 e. The summed E-state index contributed by atoms with van der Waals surface area (Å²) in [5.74, 6) is 1.25. The maximum atomic E-state index is 5.73. The number of aromatic nitrogens is 1. The molecule has 0 spiro atoms. The molecule has 1 aliphatic carbocycles. The van der Waals surface area contributed by atoms with Crippen LogP contribution in [-0.4, -0.2) is 10.9 Å². The van der Waals surface area contributed by atoms with Crippen molar-refractivity contribution >= 4 is 22.9 Å². The normalized spacial score (nSPS) is 17.9. The Morgan fingerprint density at radius 3 is 3.11 bits per heavy atom. The van der Waals surface area contributed by atoms with E-state index >= 15 is 0 Å². The predicted molar refractivity (Wildman–Crippen MR) is 77.8 cm³/mol.